The molecule has 0 aliphatic carbocycles. The molecule has 2 aromatic rings. The molecule has 80 valence electrons. The van der Waals surface area contributed by atoms with Crippen LogP contribution in [0.15, 0.2) is 24.5 Å². The first-order valence-electron chi connectivity index (χ1n) is 5.33. The minimum absolute atomic E-state index is 0.456. The van der Waals surface area contributed by atoms with Gasteiger partial charge in [0.05, 0.1) is 11.7 Å². The van der Waals surface area contributed by atoms with Crippen LogP contribution in [0.2, 0.25) is 0 Å². The average molecular weight is 203 g/mol. The van der Waals surface area contributed by atoms with Crippen molar-refractivity contribution in [2.45, 2.75) is 26.3 Å². The number of pyridine rings is 1. The summed E-state index contributed by atoms with van der Waals surface area (Å²) in [5, 5.41) is 3.17. The van der Waals surface area contributed by atoms with Crippen LogP contribution in [-0.2, 0) is 6.54 Å². The molecule has 3 heteroatoms. The molecule has 0 fully saturated rings. The van der Waals surface area contributed by atoms with Gasteiger partial charge in [-0.3, -0.25) is 0 Å². The number of hydrogen-bond acceptors (Lipinski definition) is 2. The maximum atomic E-state index is 4.47. The van der Waals surface area contributed by atoms with Crippen molar-refractivity contribution in [1.82, 2.24) is 14.7 Å². The predicted molar refractivity (Wildman–Crippen MR) is 62.0 cm³/mol. The van der Waals surface area contributed by atoms with Crippen LogP contribution in [0.25, 0.3) is 5.52 Å². The van der Waals surface area contributed by atoms with E-state index in [9.17, 15) is 0 Å². The Morgan fingerprint density at radius 1 is 1.47 bits per heavy atom. The van der Waals surface area contributed by atoms with E-state index in [4.69, 9.17) is 0 Å². The summed E-state index contributed by atoms with van der Waals surface area (Å²) in [4.78, 5) is 4.47. The molecule has 0 aliphatic rings. The molecule has 0 saturated carbocycles. The minimum atomic E-state index is 0.456. The number of fused-ring (bicyclic) bond motifs is 1. The molecular weight excluding hydrogens is 186 g/mol. The van der Waals surface area contributed by atoms with Gasteiger partial charge in [-0.1, -0.05) is 19.9 Å². The summed E-state index contributed by atoms with van der Waals surface area (Å²) in [7, 11) is 1.96. The van der Waals surface area contributed by atoms with Gasteiger partial charge in [0.15, 0.2) is 0 Å². The van der Waals surface area contributed by atoms with Crippen LogP contribution in [0, 0.1) is 0 Å². The molecule has 2 heterocycles. The van der Waals surface area contributed by atoms with Crippen molar-refractivity contribution in [1.29, 1.82) is 0 Å². The standard InChI is InChI=1S/C12H17N3/c1-9(2)12-14-8-11-10(7-13-3)5-4-6-15(11)12/h4-6,8-9,13H,7H2,1-3H3. The van der Waals surface area contributed by atoms with E-state index in [0.29, 0.717) is 5.92 Å². The number of imidazole rings is 1. The number of hydrogen-bond donors (Lipinski definition) is 1. The zero-order valence-corrected chi connectivity index (χ0v) is 9.49. The molecule has 2 rings (SSSR count). The molecule has 0 bridgehead atoms. The maximum absolute atomic E-state index is 4.47. The quantitative estimate of drug-likeness (QED) is 0.828. The van der Waals surface area contributed by atoms with Gasteiger partial charge in [-0.2, -0.15) is 0 Å². The summed E-state index contributed by atoms with van der Waals surface area (Å²) in [6.07, 6.45) is 4.04. The van der Waals surface area contributed by atoms with Crippen molar-refractivity contribution in [3.63, 3.8) is 0 Å². The second-order valence-electron chi connectivity index (χ2n) is 4.09. The monoisotopic (exact) mass is 203 g/mol. The molecule has 15 heavy (non-hydrogen) atoms. The molecule has 0 spiro atoms. The Bertz CT molecular complexity index is 457. The van der Waals surface area contributed by atoms with Gasteiger partial charge in [-0.25, -0.2) is 4.98 Å². The van der Waals surface area contributed by atoms with Crippen LogP contribution in [0.1, 0.15) is 31.2 Å². The summed E-state index contributed by atoms with van der Waals surface area (Å²) in [5.74, 6) is 1.58. The topological polar surface area (TPSA) is 29.3 Å². The van der Waals surface area contributed by atoms with Crippen LogP contribution in [0.3, 0.4) is 0 Å². The zero-order valence-electron chi connectivity index (χ0n) is 9.49. The van der Waals surface area contributed by atoms with Crippen molar-refractivity contribution in [2.24, 2.45) is 0 Å². The van der Waals surface area contributed by atoms with E-state index < -0.39 is 0 Å². The highest BCUT2D eigenvalue weighted by Crippen LogP contribution is 2.18. The molecule has 0 amide bonds. The molecular formula is C12H17N3. The van der Waals surface area contributed by atoms with Crippen molar-refractivity contribution in [3.8, 4) is 0 Å². The number of nitrogens with one attached hydrogen (secondary N) is 1. The third kappa shape index (κ3) is 1.75. The molecule has 0 aliphatic heterocycles. The highest BCUT2D eigenvalue weighted by Gasteiger charge is 2.09. The summed E-state index contributed by atoms with van der Waals surface area (Å²) in [6, 6.07) is 4.21. The third-order valence-corrected chi connectivity index (χ3v) is 2.57. The average Bonchev–Trinajstić information content (AvgIpc) is 2.62. The molecule has 0 aromatic carbocycles. The van der Waals surface area contributed by atoms with E-state index in [1.807, 2.05) is 13.2 Å². The fraction of sp³-hybridized carbons (Fsp3) is 0.417. The summed E-state index contributed by atoms with van der Waals surface area (Å²) in [6.45, 7) is 5.21. The second-order valence-corrected chi connectivity index (χ2v) is 4.09. The van der Waals surface area contributed by atoms with Gasteiger partial charge < -0.3 is 9.72 Å². The van der Waals surface area contributed by atoms with Crippen LogP contribution in [0.5, 0.6) is 0 Å². The summed E-state index contributed by atoms with van der Waals surface area (Å²) < 4.78 is 2.18. The first-order chi connectivity index (χ1) is 7.24. The Labute approximate surface area is 90.1 Å². The number of rotatable bonds is 3. The first-order valence-corrected chi connectivity index (χ1v) is 5.33. The second kappa shape index (κ2) is 4.03. The van der Waals surface area contributed by atoms with Crippen molar-refractivity contribution in [2.75, 3.05) is 7.05 Å². The molecule has 2 aromatic heterocycles. The van der Waals surface area contributed by atoms with E-state index in [2.05, 4.69) is 46.9 Å². The molecule has 3 nitrogen and oxygen atoms in total. The van der Waals surface area contributed by atoms with Gasteiger partial charge in [0.25, 0.3) is 0 Å². The fourth-order valence-corrected chi connectivity index (χ4v) is 1.87. The SMILES string of the molecule is CNCc1cccn2c(C(C)C)ncc12. The third-order valence-electron chi connectivity index (χ3n) is 2.57. The van der Waals surface area contributed by atoms with Gasteiger partial charge in [-0.05, 0) is 18.7 Å². The molecule has 0 radical (unpaired) electrons. The lowest BCUT2D eigenvalue weighted by Crippen LogP contribution is -2.06. The van der Waals surface area contributed by atoms with Crippen LogP contribution in [0.4, 0.5) is 0 Å². The lowest BCUT2D eigenvalue weighted by Gasteiger charge is -2.06. The Kier molecular flexibility index (Phi) is 2.73. The van der Waals surface area contributed by atoms with Crippen LogP contribution in [-0.4, -0.2) is 16.4 Å². The van der Waals surface area contributed by atoms with Crippen molar-refractivity contribution < 1.29 is 0 Å². The van der Waals surface area contributed by atoms with Crippen molar-refractivity contribution >= 4 is 5.52 Å². The van der Waals surface area contributed by atoms with E-state index in [-0.39, 0.29) is 0 Å². The lowest BCUT2D eigenvalue weighted by molar-refractivity contribution is 0.766. The largest absolute Gasteiger partial charge is 0.316 e. The molecule has 0 saturated heterocycles. The highest BCUT2D eigenvalue weighted by molar-refractivity contribution is 5.54. The van der Waals surface area contributed by atoms with E-state index >= 15 is 0 Å². The smallest absolute Gasteiger partial charge is 0.115 e. The Morgan fingerprint density at radius 3 is 2.93 bits per heavy atom. The number of aromatic nitrogens is 2. The van der Waals surface area contributed by atoms with Gasteiger partial charge >= 0.3 is 0 Å². The Hall–Kier alpha value is -1.35. The predicted octanol–water partition coefficient (Wildman–Crippen LogP) is 2.18. The van der Waals surface area contributed by atoms with Gasteiger partial charge in [-0.15, -0.1) is 0 Å². The first kappa shape index (κ1) is 10.2. The zero-order chi connectivity index (χ0) is 10.8. The summed E-state index contributed by atoms with van der Waals surface area (Å²) >= 11 is 0. The van der Waals surface area contributed by atoms with Gasteiger partial charge in [0.1, 0.15) is 5.82 Å². The molecule has 1 N–H and O–H groups in total. The van der Waals surface area contributed by atoms with Gasteiger partial charge in [0.2, 0.25) is 0 Å². The highest BCUT2D eigenvalue weighted by atomic mass is 15.0. The minimum Gasteiger partial charge on any atom is -0.316 e. The Morgan fingerprint density at radius 2 is 2.27 bits per heavy atom. The van der Waals surface area contributed by atoms with Crippen LogP contribution < -0.4 is 5.32 Å². The summed E-state index contributed by atoms with van der Waals surface area (Å²) in [5.41, 5.74) is 2.50. The van der Waals surface area contributed by atoms with Crippen molar-refractivity contribution in [3.05, 3.63) is 35.9 Å². The van der Waals surface area contributed by atoms with Gasteiger partial charge in [0, 0.05) is 18.7 Å². The Balaban J connectivity index is 2.58. The van der Waals surface area contributed by atoms with Crippen LogP contribution >= 0.6 is 0 Å². The fourth-order valence-electron chi connectivity index (χ4n) is 1.87. The molecule has 0 atom stereocenters. The lowest BCUT2D eigenvalue weighted by atomic mass is 10.2. The van der Waals surface area contributed by atoms with E-state index in [0.717, 1.165) is 12.4 Å². The normalized spacial score (nSPS) is 11.5. The maximum Gasteiger partial charge on any atom is 0.115 e. The van der Waals surface area contributed by atoms with E-state index in [1.54, 1.807) is 0 Å². The number of nitrogens with zero attached hydrogens (tertiary/aromatic N) is 2. The van der Waals surface area contributed by atoms with E-state index in [1.165, 1.54) is 11.1 Å². The molecule has 0 unspecified atom stereocenters.